The predicted octanol–water partition coefficient (Wildman–Crippen LogP) is 3.84. The van der Waals surface area contributed by atoms with Crippen LogP contribution in [0.5, 0.6) is 0 Å². The number of nitrogens with zero attached hydrogens (tertiary/aromatic N) is 1. The first-order valence-corrected chi connectivity index (χ1v) is 6.27. The predicted molar refractivity (Wildman–Crippen MR) is 76.4 cm³/mol. The van der Waals surface area contributed by atoms with Crippen LogP contribution in [0.4, 0.5) is 14.9 Å². The molecule has 0 aliphatic carbocycles. The number of carbonyl (C=O) groups excluding carboxylic acids is 1. The first-order valence-electron chi connectivity index (χ1n) is 6.27. The van der Waals surface area contributed by atoms with Gasteiger partial charge in [-0.2, -0.15) is 0 Å². The van der Waals surface area contributed by atoms with E-state index in [0.717, 1.165) is 11.3 Å². The zero-order chi connectivity index (χ0) is 14.1. The van der Waals surface area contributed by atoms with Crippen LogP contribution in [0.25, 0.3) is 5.70 Å². The fraction of sp³-hybridized carbons (Fsp3) is 0.0625. The summed E-state index contributed by atoms with van der Waals surface area (Å²) in [6, 6.07) is 13.5. The van der Waals surface area contributed by atoms with Gasteiger partial charge in [-0.05, 0) is 12.1 Å². The van der Waals surface area contributed by atoms with Crippen LogP contribution in [0.1, 0.15) is 11.1 Å². The molecular weight excluding hydrogens is 255 g/mol. The van der Waals surface area contributed by atoms with Gasteiger partial charge in [-0.3, -0.25) is 4.90 Å². The zero-order valence-electron chi connectivity index (χ0n) is 10.8. The van der Waals surface area contributed by atoms with Crippen LogP contribution in [0, 0.1) is 5.82 Å². The summed E-state index contributed by atoms with van der Waals surface area (Å²) in [4.78, 5) is 13.6. The third-order valence-corrected chi connectivity index (χ3v) is 3.34. The van der Waals surface area contributed by atoms with Crippen LogP contribution < -0.4 is 5.32 Å². The van der Waals surface area contributed by atoms with E-state index in [2.05, 4.69) is 11.9 Å². The lowest BCUT2D eigenvalue weighted by Crippen LogP contribution is -2.37. The van der Waals surface area contributed by atoms with Crippen LogP contribution in [0.15, 0.2) is 55.1 Å². The van der Waals surface area contributed by atoms with Crippen molar-refractivity contribution >= 4 is 17.4 Å². The second kappa shape index (κ2) is 4.81. The van der Waals surface area contributed by atoms with Crippen LogP contribution in [-0.4, -0.2) is 10.9 Å². The van der Waals surface area contributed by atoms with Crippen molar-refractivity contribution < 1.29 is 9.18 Å². The number of hydrogen-bond acceptors (Lipinski definition) is 1. The van der Waals surface area contributed by atoms with E-state index in [0.29, 0.717) is 11.3 Å². The molecule has 1 aliphatic rings. The Labute approximate surface area is 116 Å². The van der Waals surface area contributed by atoms with Crippen LogP contribution in [0.2, 0.25) is 0 Å². The molecule has 20 heavy (non-hydrogen) atoms. The monoisotopic (exact) mass is 268 g/mol. The fourth-order valence-corrected chi connectivity index (χ4v) is 2.26. The van der Waals surface area contributed by atoms with Crippen LogP contribution >= 0.6 is 0 Å². The molecule has 2 aromatic rings. The Balaban J connectivity index is 1.94. The van der Waals surface area contributed by atoms with E-state index in [4.69, 9.17) is 0 Å². The highest BCUT2D eigenvalue weighted by molar-refractivity contribution is 6.02. The number of anilines is 1. The van der Waals surface area contributed by atoms with E-state index in [-0.39, 0.29) is 18.4 Å². The molecule has 0 saturated carbocycles. The minimum Gasteiger partial charge on any atom is -0.307 e. The Morgan fingerprint density at radius 2 is 1.80 bits per heavy atom. The van der Waals surface area contributed by atoms with Gasteiger partial charge in [0.1, 0.15) is 5.82 Å². The Kier molecular flexibility index (Phi) is 2.99. The minimum atomic E-state index is -0.327. The van der Waals surface area contributed by atoms with E-state index in [1.165, 1.54) is 11.0 Å². The number of fused-ring (bicyclic) bond motifs is 1. The molecule has 1 heterocycles. The number of hydrogen-bond donors (Lipinski definition) is 1. The molecule has 100 valence electrons. The SMILES string of the molecule is C=C1c2ccccc2NC(=O)N1Cc1ccccc1F. The summed E-state index contributed by atoms with van der Waals surface area (Å²) < 4.78 is 13.7. The number of nitrogens with one attached hydrogen (secondary N) is 1. The van der Waals surface area contributed by atoms with E-state index < -0.39 is 0 Å². The minimum absolute atomic E-state index is 0.158. The molecule has 0 atom stereocenters. The summed E-state index contributed by atoms with van der Waals surface area (Å²) >= 11 is 0. The van der Waals surface area contributed by atoms with Crippen molar-refractivity contribution in [3.05, 3.63) is 72.1 Å². The normalized spacial score (nSPS) is 13.9. The molecule has 1 N–H and O–H groups in total. The van der Waals surface area contributed by atoms with Crippen molar-refractivity contribution in [2.45, 2.75) is 6.54 Å². The molecule has 4 heteroatoms. The van der Waals surface area contributed by atoms with Gasteiger partial charge in [-0.15, -0.1) is 0 Å². The van der Waals surface area contributed by atoms with Crippen LogP contribution in [0.3, 0.4) is 0 Å². The third-order valence-electron chi connectivity index (χ3n) is 3.34. The van der Waals surface area contributed by atoms with Crippen LogP contribution in [-0.2, 0) is 6.54 Å². The first kappa shape index (κ1) is 12.4. The highest BCUT2D eigenvalue weighted by Crippen LogP contribution is 2.31. The lowest BCUT2D eigenvalue weighted by atomic mass is 10.1. The maximum Gasteiger partial charge on any atom is 0.326 e. The Morgan fingerprint density at radius 3 is 2.60 bits per heavy atom. The molecule has 0 unspecified atom stereocenters. The van der Waals surface area contributed by atoms with Crippen molar-refractivity contribution in [2.75, 3.05) is 5.32 Å². The van der Waals surface area contributed by atoms with Gasteiger partial charge in [-0.25, -0.2) is 9.18 Å². The summed E-state index contributed by atoms with van der Waals surface area (Å²) in [5.74, 6) is -0.327. The Morgan fingerprint density at radius 1 is 1.10 bits per heavy atom. The zero-order valence-corrected chi connectivity index (χ0v) is 10.8. The maximum atomic E-state index is 13.7. The van der Waals surface area contributed by atoms with E-state index in [1.807, 2.05) is 24.3 Å². The number of benzene rings is 2. The molecule has 0 saturated heterocycles. The van der Waals surface area contributed by atoms with Crippen molar-refractivity contribution in [2.24, 2.45) is 0 Å². The maximum absolute atomic E-state index is 13.7. The van der Waals surface area contributed by atoms with E-state index >= 15 is 0 Å². The summed E-state index contributed by atoms with van der Waals surface area (Å²) in [5.41, 5.74) is 2.62. The average molecular weight is 268 g/mol. The van der Waals surface area contributed by atoms with E-state index in [1.54, 1.807) is 18.2 Å². The standard InChI is InChI=1S/C16H13FN2O/c1-11-13-7-3-5-9-15(13)18-16(20)19(11)10-12-6-2-4-8-14(12)17/h2-9H,1,10H2,(H,18,20). The largest absolute Gasteiger partial charge is 0.326 e. The van der Waals surface area contributed by atoms with Gasteiger partial charge < -0.3 is 5.32 Å². The molecule has 3 rings (SSSR count). The van der Waals surface area contributed by atoms with Gasteiger partial charge in [0.2, 0.25) is 0 Å². The van der Waals surface area contributed by atoms with Gasteiger partial charge in [0.25, 0.3) is 0 Å². The molecule has 0 aromatic heterocycles. The van der Waals surface area contributed by atoms with Gasteiger partial charge in [0.05, 0.1) is 12.2 Å². The molecule has 3 nitrogen and oxygen atoms in total. The van der Waals surface area contributed by atoms with Gasteiger partial charge >= 0.3 is 6.03 Å². The number of carbonyl (C=O) groups is 1. The number of urea groups is 1. The first-order chi connectivity index (χ1) is 9.66. The molecule has 0 fully saturated rings. The summed E-state index contributed by atoms with van der Waals surface area (Å²) in [7, 11) is 0. The number of rotatable bonds is 2. The number of halogens is 1. The second-order valence-corrected chi connectivity index (χ2v) is 4.60. The van der Waals surface area contributed by atoms with Gasteiger partial charge in [0.15, 0.2) is 0 Å². The molecule has 0 radical (unpaired) electrons. The Hall–Kier alpha value is -2.62. The molecule has 1 aliphatic heterocycles. The highest BCUT2D eigenvalue weighted by Gasteiger charge is 2.26. The van der Waals surface area contributed by atoms with Crippen molar-refractivity contribution in [1.82, 2.24) is 4.90 Å². The van der Waals surface area contributed by atoms with Crippen molar-refractivity contribution in [1.29, 1.82) is 0 Å². The summed E-state index contributed by atoms with van der Waals surface area (Å²) in [6.45, 7) is 4.11. The van der Waals surface area contributed by atoms with E-state index in [9.17, 15) is 9.18 Å². The molecule has 0 bridgehead atoms. The summed E-state index contributed by atoms with van der Waals surface area (Å²) in [5, 5.41) is 2.78. The quantitative estimate of drug-likeness (QED) is 0.881. The van der Waals surface area contributed by atoms with Gasteiger partial charge in [-0.1, -0.05) is 43.0 Å². The lowest BCUT2D eigenvalue weighted by molar-refractivity contribution is 0.228. The molecule has 2 aromatic carbocycles. The van der Waals surface area contributed by atoms with Crippen molar-refractivity contribution in [3.8, 4) is 0 Å². The molecule has 0 spiro atoms. The number of para-hydroxylation sites is 1. The lowest BCUT2D eigenvalue weighted by Gasteiger charge is -2.31. The van der Waals surface area contributed by atoms with Crippen molar-refractivity contribution in [3.63, 3.8) is 0 Å². The average Bonchev–Trinajstić information content (AvgIpc) is 2.45. The topological polar surface area (TPSA) is 32.3 Å². The third kappa shape index (κ3) is 2.05. The fourth-order valence-electron chi connectivity index (χ4n) is 2.26. The smallest absolute Gasteiger partial charge is 0.307 e. The summed E-state index contributed by atoms with van der Waals surface area (Å²) in [6.07, 6.45) is 0. The number of amides is 2. The molecule has 2 amide bonds. The Bertz CT molecular complexity index is 696. The van der Waals surface area contributed by atoms with Gasteiger partial charge in [0, 0.05) is 16.8 Å². The molecular formula is C16H13FN2O. The second-order valence-electron chi connectivity index (χ2n) is 4.60. The highest BCUT2D eigenvalue weighted by atomic mass is 19.1.